The summed E-state index contributed by atoms with van der Waals surface area (Å²) >= 11 is 3.37. The fourth-order valence-corrected chi connectivity index (χ4v) is 2.42. The predicted octanol–water partition coefficient (Wildman–Crippen LogP) is 3.87. The summed E-state index contributed by atoms with van der Waals surface area (Å²) in [6, 6.07) is 4.79. The molecule has 0 amide bonds. The molecule has 0 radical (unpaired) electrons. The van der Waals surface area contributed by atoms with Gasteiger partial charge in [0.15, 0.2) is 0 Å². The van der Waals surface area contributed by atoms with E-state index in [4.69, 9.17) is 0 Å². The Hall–Kier alpha value is -0.560. The van der Waals surface area contributed by atoms with Crippen molar-refractivity contribution in [2.75, 3.05) is 0 Å². The Morgan fingerprint density at radius 3 is 1.89 bits per heavy atom. The summed E-state index contributed by atoms with van der Waals surface area (Å²) in [5, 5.41) is 0. The van der Waals surface area contributed by atoms with Gasteiger partial charge in [0, 0.05) is 4.83 Å². The van der Waals surface area contributed by atoms with Crippen LogP contribution in [0, 0.1) is 0 Å². The Bertz CT molecular complexity index is 506. The maximum absolute atomic E-state index is 12.3. The smallest absolute Gasteiger partial charge is 0.214 e. The van der Waals surface area contributed by atoms with Crippen LogP contribution in [0.25, 0.3) is 0 Å². The zero-order valence-corrected chi connectivity index (χ0v) is 12.1. The Morgan fingerprint density at radius 2 is 1.56 bits per heavy atom. The van der Waals surface area contributed by atoms with E-state index < -0.39 is 20.2 Å². The van der Waals surface area contributed by atoms with Crippen molar-refractivity contribution >= 4 is 25.8 Å². The molecule has 18 heavy (non-hydrogen) atoms. The van der Waals surface area contributed by atoms with Crippen LogP contribution < -0.4 is 0 Å². The lowest BCUT2D eigenvalue weighted by Gasteiger charge is -2.15. The standard InChI is InChI=1S/C11H12BrF3O2S/c1-7(8(2)12)9-3-5-10(6-4-9)18(16,17)11(13,14)15/h3-8H,1-2H3. The number of hydrogen-bond donors (Lipinski definition) is 0. The quantitative estimate of drug-likeness (QED) is 0.780. The maximum atomic E-state index is 12.3. The van der Waals surface area contributed by atoms with E-state index in [1.54, 1.807) is 0 Å². The van der Waals surface area contributed by atoms with E-state index in [9.17, 15) is 21.6 Å². The third-order valence-electron chi connectivity index (χ3n) is 2.71. The molecule has 2 unspecified atom stereocenters. The van der Waals surface area contributed by atoms with Crippen LogP contribution in [-0.2, 0) is 9.84 Å². The number of benzene rings is 1. The first kappa shape index (κ1) is 15.5. The van der Waals surface area contributed by atoms with Crippen molar-refractivity contribution in [1.29, 1.82) is 0 Å². The first-order chi connectivity index (χ1) is 8.07. The Morgan fingerprint density at radius 1 is 1.11 bits per heavy atom. The third kappa shape index (κ3) is 3.06. The van der Waals surface area contributed by atoms with E-state index >= 15 is 0 Å². The van der Waals surface area contributed by atoms with Crippen LogP contribution >= 0.6 is 15.9 Å². The minimum atomic E-state index is -5.26. The van der Waals surface area contributed by atoms with Gasteiger partial charge in [-0.15, -0.1) is 0 Å². The molecule has 0 fully saturated rings. The first-order valence-corrected chi connectivity index (χ1v) is 7.52. The van der Waals surface area contributed by atoms with Gasteiger partial charge < -0.3 is 0 Å². The Kier molecular flexibility index (Phi) is 4.48. The maximum Gasteiger partial charge on any atom is 0.501 e. The topological polar surface area (TPSA) is 34.1 Å². The highest BCUT2D eigenvalue weighted by molar-refractivity contribution is 9.09. The molecule has 0 heterocycles. The highest BCUT2D eigenvalue weighted by atomic mass is 79.9. The van der Waals surface area contributed by atoms with Crippen molar-refractivity contribution < 1.29 is 21.6 Å². The number of sulfone groups is 1. The summed E-state index contributed by atoms with van der Waals surface area (Å²) in [6.07, 6.45) is 0. The zero-order valence-electron chi connectivity index (χ0n) is 9.70. The number of rotatable bonds is 3. The Labute approximate surface area is 112 Å². The average molecular weight is 345 g/mol. The highest BCUT2D eigenvalue weighted by Gasteiger charge is 2.46. The van der Waals surface area contributed by atoms with Gasteiger partial charge >= 0.3 is 5.51 Å². The number of hydrogen-bond acceptors (Lipinski definition) is 2. The summed E-state index contributed by atoms with van der Waals surface area (Å²) in [7, 11) is -5.25. The third-order valence-corrected chi connectivity index (χ3v) is 5.01. The van der Waals surface area contributed by atoms with Gasteiger partial charge in [0.2, 0.25) is 0 Å². The van der Waals surface area contributed by atoms with Crippen molar-refractivity contribution in [3.05, 3.63) is 29.8 Å². The van der Waals surface area contributed by atoms with Gasteiger partial charge in [0.05, 0.1) is 4.90 Å². The fourth-order valence-electron chi connectivity index (χ4n) is 1.35. The summed E-state index contributed by atoms with van der Waals surface area (Å²) in [5.41, 5.74) is -4.48. The van der Waals surface area contributed by atoms with Gasteiger partial charge in [-0.25, -0.2) is 8.42 Å². The minimum Gasteiger partial charge on any atom is -0.214 e. The van der Waals surface area contributed by atoms with E-state index in [0.717, 1.165) is 17.7 Å². The predicted molar refractivity (Wildman–Crippen MR) is 66.5 cm³/mol. The van der Waals surface area contributed by atoms with Crippen molar-refractivity contribution in [3.8, 4) is 0 Å². The lowest BCUT2D eigenvalue weighted by molar-refractivity contribution is -0.0436. The van der Waals surface area contributed by atoms with Crippen LogP contribution in [0.1, 0.15) is 25.3 Å². The summed E-state index contributed by atoms with van der Waals surface area (Å²) in [4.78, 5) is -0.587. The number of halogens is 4. The summed E-state index contributed by atoms with van der Waals surface area (Å²) in [6.45, 7) is 3.80. The van der Waals surface area contributed by atoms with Crippen LogP contribution in [0.4, 0.5) is 13.2 Å². The summed E-state index contributed by atoms with van der Waals surface area (Å²) in [5.74, 6) is 0.0765. The second-order valence-corrected chi connectivity index (χ2v) is 7.37. The van der Waals surface area contributed by atoms with Gasteiger partial charge in [0.1, 0.15) is 0 Å². The molecule has 1 rings (SSSR count). The molecule has 2 atom stereocenters. The molecule has 0 N–H and O–H groups in total. The van der Waals surface area contributed by atoms with E-state index in [-0.39, 0.29) is 10.7 Å². The van der Waals surface area contributed by atoms with Crippen LogP contribution in [0.15, 0.2) is 29.2 Å². The summed E-state index contributed by atoms with van der Waals surface area (Å²) < 4.78 is 59.2. The molecule has 1 aromatic rings. The van der Waals surface area contributed by atoms with E-state index in [1.807, 2.05) is 13.8 Å². The highest BCUT2D eigenvalue weighted by Crippen LogP contribution is 2.31. The van der Waals surface area contributed by atoms with Crippen molar-refractivity contribution in [1.82, 2.24) is 0 Å². The molecule has 1 aromatic carbocycles. The second-order valence-electron chi connectivity index (χ2n) is 3.98. The van der Waals surface area contributed by atoms with Gasteiger partial charge in [-0.05, 0) is 23.6 Å². The molecule has 0 saturated carbocycles. The van der Waals surface area contributed by atoms with Gasteiger partial charge in [-0.2, -0.15) is 13.2 Å². The van der Waals surface area contributed by atoms with Crippen LogP contribution in [-0.4, -0.2) is 18.8 Å². The minimum absolute atomic E-state index is 0.0765. The largest absolute Gasteiger partial charge is 0.501 e. The molecule has 0 aliphatic carbocycles. The molecular weight excluding hydrogens is 333 g/mol. The molecule has 0 bridgehead atoms. The molecule has 0 spiro atoms. The monoisotopic (exact) mass is 344 g/mol. The Balaban J connectivity index is 3.12. The van der Waals surface area contributed by atoms with Crippen LogP contribution in [0.5, 0.6) is 0 Å². The van der Waals surface area contributed by atoms with Gasteiger partial charge in [0.25, 0.3) is 9.84 Å². The van der Waals surface area contributed by atoms with Crippen LogP contribution in [0.2, 0.25) is 0 Å². The second kappa shape index (κ2) is 5.21. The SMILES string of the molecule is CC(Br)C(C)c1ccc(S(=O)(=O)C(F)(F)F)cc1. The van der Waals surface area contributed by atoms with E-state index in [0.29, 0.717) is 0 Å². The molecular formula is C11H12BrF3O2S. The normalized spacial score (nSPS) is 16.3. The zero-order chi connectivity index (χ0) is 14.1. The average Bonchev–Trinajstić information content (AvgIpc) is 2.26. The first-order valence-electron chi connectivity index (χ1n) is 5.12. The van der Waals surface area contributed by atoms with Crippen molar-refractivity contribution in [2.45, 2.75) is 35.0 Å². The molecule has 0 aliphatic heterocycles. The van der Waals surface area contributed by atoms with E-state index in [1.165, 1.54) is 12.1 Å². The van der Waals surface area contributed by atoms with Crippen molar-refractivity contribution in [3.63, 3.8) is 0 Å². The molecule has 2 nitrogen and oxygen atoms in total. The molecule has 0 aliphatic rings. The van der Waals surface area contributed by atoms with Crippen molar-refractivity contribution in [2.24, 2.45) is 0 Å². The van der Waals surface area contributed by atoms with Gasteiger partial charge in [-0.3, -0.25) is 0 Å². The lowest BCUT2D eigenvalue weighted by Crippen LogP contribution is -2.23. The molecule has 0 saturated heterocycles. The molecule has 102 valence electrons. The number of alkyl halides is 4. The fraction of sp³-hybridized carbons (Fsp3) is 0.455. The van der Waals surface area contributed by atoms with Gasteiger partial charge in [-0.1, -0.05) is 41.9 Å². The van der Waals surface area contributed by atoms with E-state index in [2.05, 4.69) is 15.9 Å². The van der Waals surface area contributed by atoms with Crippen LogP contribution in [0.3, 0.4) is 0 Å². The lowest BCUT2D eigenvalue weighted by atomic mass is 9.99. The molecule has 0 aromatic heterocycles. The molecule has 7 heteroatoms.